The van der Waals surface area contributed by atoms with Crippen LogP contribution in [0.1, 0.15) is 46.4 Å². The molecule has 4 heterocycles. The number of aliphatic carboxylic acids is 1. The maximum Gasteiger partial charge on any atom is 0.321 e. The first-order valence-corrected chi connectivity index (χ1v) is 14.3. The van der Waals surface area contributed by atoms with E-state index in [1.165, 1.54) is 11.3 Å². The van der Waals surface area contributed by atoms with Gasteiger partial charge in [0.15, 0.2) is 11.0 Å². The fourth-order valence-electron chi connectivity index (χ4n) is 4.77. The average molecular weight is 576 g/mol. The number of carbonyl (C=O) groups is 2. The van der Waals surface area contributed by atoms with Gasteiger partial charge in [-0.2, -0.15) is 0 Å². The number of rotatable bonds is 7. The van der Waals surface area contributed by atoms with Crippen LogP contribution in [0.2, 0.25) is 0 Å². The highest BCUT2D eigenvalue weighted by atomic mass is 32.1. The number of nitrogens with zero attached hydrogens (tertiary/aromatic N) is 5. The minimum atomic E-state index is -1.16. The molecule has 4 aromatic rings. The summed E-state index contributed by atoms with van der Waals surface area (Å²) in [6, 6.07) is 7.53. The smallest absolute Gasteiger partial charge is 0.321 e. The van der Waals surface area contributed by atoms with Gasteiger partial charge in [-0.1, -0.05) is 11.3 Å². The number of carboxylic acids is 1. The molecular weight excluding hydrogens is 542 g/mol. The number of fused-ring (bicyclic) bond motifs is 1. The molecule has 0 atom stereocenters. The van der Waals surface area contributed by atoms with Crippen molar-refractivity contribution >= 4 is 44.4 Å². The molecule has 0 spiro atoms. The standard InChI is InChI=1S/C29H33N7O4S/c1-5-30-26(39)35-27-34-22-13-17(18-15-32-24(33-16-18)28(2,3)40)12-20(23(22)41-27)21-14-19(6-9-31-21)36-10-7-29(4,8-11-36)25(37)38/h6,9,12-16,40H,5,7-8,10-11H2,1-4H3,(H,37,38)(H2,30,34,35,39). The van der Waals surface area contributed by atoms with E-state index in [2.05, 4.69) is 35.5 Å². The Labute approximate surface area is 241 Å². The molecular formula is C29H33N7O4S. The van der Waals surface area contributed by atoms with Crippen molar-refractivity contribution in [3.63, 3.8) is 0 Å². The Balaban J connectivity index is 1.55. The monoisotopic (exact) mass is 575 g/mol. The van der Waals surface area contributed by atoms with Crippen LogP contribution in [0.4, 0.5) is 15.6 Å². The van der Waals surface area contributed by atoms with Crippen molar-refractivity contribution < 1.29 is 19.8 Å². The lowest BCUT2D eigenvalue weighted by Crippen LogP contribution is -2.42. The molecule has 11 nitrogen and oxygen atoms in total. The summed E-state index contributed by atoms with van der Waals surface area (Å²) < 4.78 is 0.858. The van der Waals surface area contributed by atoms with Crippen LogP contribution in [0.5, 0.6) is 0 Å². The number of nitrogens with one attached hydrogen (secondary N) is 2. The number of amides is 2. The summed E-state index contributed by atoms with van der Waals surface area (Å²) >= 11 is 1.36. The molecule has 5 rings (SSSR count). The molecule has 1 aliphatic heterocycles. The third kappa shape index (κ3) is 5.98. The molecule has 0 saturated carbocycles. The number of aromatic nitrogens is 4. The van der Waals surface area contributed by atoms with E-state index in [4.69, 9.17) is 0 Å². The first kappa shape index (κ1) is 28.4. The van der Waals surface area contributed by atoms with Crippen molar-refractivity contribution in [3.8, 4) is 22.4 Å². The molecule has 1 aliphatic rings. The van der Waals surface area contributed by atoms with Gasteiger partial charge in [-0.25, -0.2) is 19.7 Å². The Hall–Kier alpha value is -4.16. The lowest BCUT2D eigenvalue weighted by atomic mass is 9.80. The molecule has 2 amide bonds. The fraction of sp³-hybridized carbons (Fsp3) is 0.379. The number of carboxylic acid groups (broad SMARTS) is 1. The van der Waals surface area contributed by atoms with Crippen molar-refractivity contribution in [2.75, 3.05) is 29.9 Å². The van der Waals surface area contributed by atoms with Gasteiger partial charge < -0.3 is 20.4 Å². The highest BCUT2D eigenvalue weighted by Gasteiger charge is 2.37. The molecule has 41 heavy (non-hydrogen) atoms. The average Bonchev–Trinajstić information content (AvgIpc) is 3.35. The number of piperidine rings is 1. The number of benzene rings is 1. The summed E-state index contributed by atoms with van der Waals surface area (Å²) in [5.41, 5.74) is 2.88. The summed E-state index contributed by atoms with van der Waals surface area (Å²) in [6.45, 7) is 8.67. The molecule has 4 N–H and O–H groups in total. The minimum Gasteiger partial charge on any atom is -0.481 e. The van der Waals surface area contributed by atoms with Crippen LogP contribution in [-0.2, 0) is 10.4 Å². The Bertz CT molecular complexity index is 1590. The molecule has 0 bridgehead atoms. The Kier molecular flexibility index (Phi) is 7.62. The summed E-state index contributed by atoms with van der Waals surface area (Å²) in [7, 11) is 0. The lowest BCUT2D eigenvalue weighted by molar-refractivity contribution is -0.149. The minimum absolute atomic E-state index is 0.319. The van der Waals surface area contributed by atoms with Crippen molar-refractivity contribution in [2.45, 2.75) is 46.1 Å². The SMILES string of the molecule is CCNC(=O)Nc1nc2cc(-c3cnc(C(C)(C)O)nc3)cc(-c3cc(N4CCC(C)(C(=O)O)CC4)ccn3)c2s1. The lowest BCUT2D eigenvalue weighted by Gasteiger charge is -2.37. The topological polar surface area (TPSA) is 153 Å². The zero-order valence-corrected chi connectivity index (χ0v) is 24.2. The highest BCUT2D eigenvalue weighted by Crippen LogP contribution is 2.40. The largest absolute Gasteiger partial charge is 0.481 e. The predicted octanol–water partition coefficient (Wildman–Crippen LogP) is 4.88. The molecule has 0 aliphatic carbocycles. The molecule has 1 saturated heterocycles. The number of hydrogen-bond donors (Lipinski definition) is 4. The molecule has 0 unspecified atom stereocenters. The van der Waals surface area contributed by atoms with Crippen LogP contribution in [0.25, 0.3) is 32.6 Å². The zero-order chi connectivity index (χ0) is 29.4. The van der Waals surface area contributed by atoms with E-state index in [0.717, 1.165) is 32.8 Å². The number of anilines is 2. The maximum absolute atomic E-state index is 12.2. The van der Waals surface area contributed by atoms with Gasteiger partial charge in [0, 0.05) is 55.0 Å². The second kappa shape index (κ2) is 11.0. The van der Waals surface area contributed by atoms with Gasteiger partial charge in [0.05, 0.1) is 21.3 Å². The molecule has 214 valence electrons. The molecule has 12 heteroatoms. The first-order chi connectivity index (χ1) is 19.5. The van der Waals surface area contributed by atoms with E-state index >= 15 is 0 Å². The molecule has 3 aromatic heterocycles. The normalized spacial score (nSPS) is 15.1. The predicted molar refractivity (Wildman–Crippen MR) is 159 cm³/mol. The summed E-state index contributed by atoms with van der Waals surface area (Å²) in [5, 5.41) is 25.9. The van der Waals surface area contributed by atoms with E-state index in [9.17, 15) is 19.8 Å². The summed E-state index contributed by atoms with van der Waals surface area (Å²) in [4.78, 5) is 44.2. The zero-order valence-electron chi connectivity index (χ0n) is 23.4. The number of aliphatic hydroxyl groups is 1. The van der Waals surface area contributed by atoms with Gasteiger partial charge in [-0.3, -0.25) is 15.1 Å². The molecule has 1 aromatic carbocycles. The number of carbonyl (C=O) groups excluding carboxylic acids is 1. The highest BCUT2D eigenvalue weighted by molar-refractivity contribution is 7.22. The summed E-state index contributed by atoms with van der Waals surface area (Å²) in [6.07, 6.45) is 6.21. The third-order valence-corrected chi connectivity index (χ3v) is 8.37. The third-order valence-electron chi connectivity index (χ3n) is 7.35. The van der Waals surface area contributed by atoms with Crippen LogP contribution in [0, 0.1) is 5.41 Å². The van der Waals surface area contributed by atoms with Crippen LogP contribution in [-0.4, -0.2) is 61.8 Å². The Morgan fingerprint density at radius 1 is 1.10 bits per heavy atom. The van der Waals surface area contributed by atoms with Gasteiger partial charge in [-0.05, 0) is 70.4 Å². The van der Waals surface area contributed by atoms with Gasteiger partial charge in [0.25, 0.3) is 0 Å². The second-order valence-corrected chi connectivity index (χ2v) is 12.0. The van der Waals surface area contributed by atoms with E-state index in [0.29, 0.717) is 48.9 Å². The molecule has 1 fully saturated rings. The van der Waals surface area contributed by atoms with E-state index in [1.54, 1.807) is 39.4 Å². The van der Waals surface area contributed by atoms with E-state index < -0.39 is 17.0 Å². The van der Waals surface area contributed by atoms with E-state index in [1.807, 2.05) is 31.2 Å². The Morgan fingerprint density at radius 3 is 2.44 bits per heavy atom. The van der Waals surface area contributed by atoms with Crippen LogP contribution in [0.15, 0.2) is 42.9 Å². The van der Waals surface area contributed by atoms with Gasteiger partial charge >= 0.3 is 12.0 Å². The van der Waals surface area contributed by atoms with Gasteiger partial charge in [-0.15, -0.1) is 0 Å². The van der Waals surface area contributed by atoms with Crippen molar-refractivity contribution in [1.29, 1.82) is 0 Å². The van der Waals surface area contributed by atoms with E-state index in [-0.39, 0.29) is 6.03 Å². The quantitative estimate of drug-likeness (QED) is 0.242. The second-order valence-electron chi connectivity index (χ2n) is 11.0. The molecule has 0 radical (unpaired) electrons. The summed E-state index contributed by atoms with van der Waals surface area (Å²) in [5.74, 6) is -0.437. The first-order valence-electron chi connectivity index (χ1n) is 13.5. The Morgan fingerprint density at radius 2 is 1.80 bits per heavy atom. The van der Waals surface area contributed by atoms with Gasteiger partial charge in [0.2, 0.25) is 0 Å². The maximum atomic E-state index is 12.2. The van der Waals surface area contributed by atoms with Crippen LogP contribution < -0.4 is 15.5 Å². The number of pyridine rings is 1. The van der Waals surface area contributed by atoms with Crippen LogP contribution in [0.3, 0.4) is 0 Å². The van der Waals surface area contributed by atoms with Crippen molar-refractivity contribution in [1.82, 2.24) is 25.3 Å². The van der Waals surface area contributed by atoms with Crippen molar-refractivity contribution in [3.05, 3.63) is 48.7 Å². The number of thiazole rings is 1. The fourth-order valence-corrected chi connectivity index (χ4v) is 5.74. The van der Waals surface area contributed by atoms with Gasteiger partial charge in [0.1, 0.15) is 5.60 Å². The van der Waals surface area contributed by atoms with Crippen molar-refractivity contribution in [2.24, 2.45) is 5.41 Å². The number of hydrogen-bond acceptors (Lipinski definition) is 9. The van der Waals surface area contributed by atoms with Crippen LogP contribution >= 0.6 is 11.3 Å². The number of urea groups is 1.